The van der Waals surface area contributed by atoms with Gasteiger partial charge in [0.05, 0.1) is 6.54 Å². The van der Waals surface area contributed by atoms with Crippen LogP contribution in [0.3, 0.4) is 0 Å². The average molecular weight is 286 g/mol. The van der Waals surface area contributed by atoms with Crippen molar-refractivity contribution >= 4 is 10.9 Å². The van der Waals surface area contributed by atoms with Crippen LogP contribution in [-0.2, 0) is 13.0 Å². The van der Waals surface area contributed by atoms with Crippen molar-refractivity contribution in [3.63, 3.8) is 0 Å². The zero-order valence-electron chi connectivity index (χ0n) is 11.5. The van der Waals surface area contributed by atoms with Crippen molar-refractivity contribution in [1.29, 1.82) is 0 Å². The summed E-state index contributed by atoms with van der Waals surface area (Å²) in [5.74, 6) is -1.04. The van der Waals surface area contributed by atoms with Crippen LogP contribution in [0.1, 0.15) is 11.1 Å². The lowest BCUT2D eigenvalue weighted by Crippen LogP contribution is -2.04. The summed E-state index contributed by atoms with van der Waals surface area (Å²) in [4.78, 5) is 0. The molecule has 0 fully saturated rings. The molecule has 3 aromatic rings. The molecule has 3 rings (SSSR count). The van der Waals surface area contributed by atoms with Crippen LogP contribution >= 0.6 is 0 Å². The minimum absolute atomic E-state index is 0.0811. The largest absolute Gasteiger partial charge is 0.343 e. The SMILES string of the molecule is NCCc1cn(Cc2c(F)cccc2F)c2ccccc12. The van der Waals surface area contributed by atoms with Crippen LogP contribution < -0.4 is 5.73 Å². The standard InChI is InChI=1S/C17H16F2N2/c18-15-5-3-6-16(19)14(15)11-21-10-12(8-9-20)13-4-1-2-7-17(13)21/h1-7,10H,8-9,11,20H2. The highest BCUT2D eigenvalue weighted by atomic mass is 19.1. The van der Waals surface area contributed by atoms with Crippen molar-refractivity contribution in [1.82, 2.24) is 4.57 Å². The van der Waals surface area contributed by atoms with E-state index in [0.717, 1.165) is 22.9 Å². The number of nitrogens with zero attached hydrogens (tertiary/aromatic N) is 1. The van der Waals surface area contributed by atoms with Gasteiger partial charge in [-0.3, -0.25) is 0 Å². The molecular formula is C17H16F2N2. The quantitative estimate of drug-likeness (QED) is 0.782. The van der Waals surface area contributed by atoms with Crippen LogP contribution in [0.2, 0.25) is 0 Å². The Labute approximate surface area is 121 Å². The highest BCUT2D eigenvalue weighted by molar-refractivity contribution is 5.84. The second-order valence-corrected chi connectivity index (χ2v) is 5.04. The smallest absolute Gasteiger partial charge is 0.131 e. The lowest BCUT2D eigenvalue weighted by molar-refractivity contribution is 0.547. The summed E-state index contributed by atoms with van der Waals surface area (Å²) in [5, 5.41) is 1.08. The summed E-state index contributed by atoms with van der Waals surface area (Å²) in [5.41, 5.74) is 7.78. The third-order valence-electron chi connectivity index (χ3n) is 3.67. The molecular weight excluding hydrogens is 270 g/mol. The lowest BCUT2D eigenvalue weighted by Gasteiger charge is -2.07. The fourth-order valence-electron chi connectivity index (χ4n) is 2.66. The van der Waals surface area contributed by atoms with E-state index in [1.54, 1.807) is 0 Å². The molecule has 2 N–H and O–H groups in total. The van der Waals surface area contributed by atoms with E-state index in [4.69, 9.17) is 5.73 Å². The number of nitrogens with two attached hydrogens (primary N) is 1. The van der Waals surface area contributed by atoms with E-state index in [1.165, 1.54) is 18.2 Å². The second kappa shape index (κ2) is 5.66. The summed E-state index contributed by atoms with van der Waals surface area (Å²) in [6.07, 6.45) is 2.68. The Morgan fingerprint density at radius 2 is 1.67 bits per heavy atom. The summed E-state index contributed by atoms with van der Waals surface area (Å²) in [6, 6.07) is 11.8. The lowest BCUT2D eigenvalue weighted by atomic mass is 10.1. The van der Waals surface area contributed by atoms with Crippen molar-refractivity contribution in [2.75, 3.05) is 6.54 Å². The average Bonchev–Trinajstić information content (AvgIpc) is 2.82. The minimum Gasteiger partial charge on any atom is -0.343 e. The van der Waals surface area contributed by atoms with E-state index in [-0.39, 0.29) is 12.1 Å². The molecule has 21 heavy (non-hydrogen) atoms. The van der Waals surface area contributed by atoms with Gasteiger partial charge in [-0.15, -0.1) is 0 Å². The Morgan fingerprint density at radius 1 is 0.952 bits per heavy atom. The summed E-state index contributed by atoms with van der Waals surface area (Å²) in [6.45, 7) is 0.714. The van der Waals surface area contributed by atoms with Crippen LogP contribution in [0.4, 0.5) is 8.78 Å². The Hall–Kier alpha value is -2.20. The number of aromatic nitrogens is 1. The maximum Gasteiger partial charge on any atom is 0.131 e. The molecule has 0 saturated heterocycles. The summed E-state index contributed by atoms with van der Waals surface area (Å²) >= 11 is 0. The number of benzene rings is 2. The number of hydrogen-bond donors (Lipinski definition) is 1. The normalized spacial score (nSPS) is 11.2. The van der Waals surface area contributed by atoms with Crippen LogP contribution in [0.25, 0.3) is 10.9 Å². The Kier molecular flexibility index (Phi) is 3.71. The molecule has 0 aliphatic carbocycles. The van der Waals surface area contributed by atoms with Crippen molar-refractivity contribution < 1.29 is 8.78 Å². The van der Waals surface area contributed by atoms with Crippen LogP contribution in [-0.4, -0.2) is 11.1 Å². The van der Waals surface area contributed by atoms with Crippen molar-refractivity contribution in [2.24, 2.45) is 5.73 Å². The van der Waals surface area contributed by atoms with E-state index >= 15 is 0 Å². The van der Waals surface area contributed by atoms with Crippen molar-refractivity contribution in [3.8, 4) is 0 Å². The molecule has 1 aromatic heterocycles. The predicted molar refractivity (Wildman–Crippen MR) is 80.2 cm³/mol. The van der Waals surface area contributed by atoms with Crippen molar-refractivity contribution in [3.05, 3.63) is 71.4 Å². The van der Waals surface area contributed by atoms with Gasteiger partial charge in [0.25, 0.3) is 0 Å². The minimum atomic E-state index is -0.520. The fourth-order valence-corrected chi connectivity index (χ4v) is 2.66. The van der Waals surface area contributed by atoms with Gasteiger partial charge in [0.2, 0.25) is 0 Å². The van der Waals surface area contributed by atoms with Gasteiger partial charge < -0.3 is 10.3 Å². The molecule has 0 spiro atoms. The van der Waals surface area contributed by atoms with Gasteiger partial charge in [-0.25, -0.2) is 8.78 Å². The first-order valence-corrected chi connectivity index (χ1v) is 6.90. The zero-order valence-corrected chi connectivity index (χ0v) is 11.5. The molecule has 0 aliphatic rings. The molecule has 2 nitrogen and oxygen atoms in total. The first-order chi connectivity index (χ1) is 10.2. The first kappa shape index (κ1) is 13.8. The molecule has 2 aromatic carbocycles. The fraction of sp³-hybridized carbons (Fsp3) is 0.176. The number of halogens is 2. The molecule has 0 saturated carbocycles. The molecule has 0 unspecified atom stereocenters. The van der Waals surface area contributed by atoms with Gasteiger partial charge in [0.1, 0.15) is 11.6 Å². The maximum absolute atomic E-state index is 13.8. The number of hydrogen-bond acceptors (Lipinski definition) is 1. The van der Waals surface area contributed by atoms with Gasteiger partial charge in [-0.1, -0.05) is 24.3 Å². The van der Waals surface area contributed by atoms with Gasteiger partial charge in [-0.05, 0) is 36.7 Å². The third-order valence-corrected chi connectivity index (χ3v) is 3.67. The van der Waals surface area contributed by atoms with Crippen molar-refractivity contribution in [2.45, 2.75) is 13.0 Å². The predicted octanol–water partition coefficient (Wildman–Crippen LogP) is 3.47. The van der Waals surface area contributed by atoms with Gasteiger partial charge in [-0.2, -0.15) is 0 Å². The highest BCUT2D eigenvalue weighted by Gasteiger charge is 2.12. The third kappa shape index (κ3) is 2.54. The van der Waals surface area contributed by atoms with Gasteiger partial charge >= 0.3 is 0 Å². The monoisotopic (exact) mass is 286 g/mol. The van der Waals surface area contributed by atoms with E-state index in [2.05, 4.69) is 0 Å². The molecule has 1 heterocycles. The first-order valence-electron chi connectivity index (χ1n) is 6.90. The van der Waals surface area contributed by atoms with Gasteiger partial charge in [0.15, 0.2) is 0 Å². The Balaban J connectivity index is 2.09. The van der Waals surface area contributed by atoms with E-state index in [9.17, 15) is 8.78 Å². The molecule has 0 radical (unpaired) electrons. The topological polar surface area (TPSA) is 30.9 Å². The molecule has 108 valence electrons. The zero-order chi connectivity index (χ0) is 14.8. The Morgan fingerprint density at radius 3 is 2.38 bits per heavy atom. The van der Waals surface area contributed by atoms with E-state index < -0.39 is 11.6 Å². The van der Waals surface area contributed by atoms with Crippen LogP contribution in [0.15, 0.2) is 48.7 Å². The summed E-state index contributed by atoms with van der Waals surface area (Å²) in [7, 11) is 0. The Bertz CT molecular complexity index is 757. The van der Waals surface area contributed by atoms with E-state index in [1.807, 2.05) is 35.0 Å². The molecule has 0 atom stereocenters. The van der Waals surface area contributed by atoms with Crippen LogP contribution in [0, 0.1) is 11.6 Å². The maximum atomic E-state index is 13.8. The number of fused-ring (bicyclic) bond motifs is 1. The second-order valence-electron chi connectivity index (χ2n) is 5.04. The number of para-hydroxylation sites is 1. The number of rotatable bonds is 4. The summed E-state index contributed by atoms with van der Waals surface area (Å²) < 4.78 is 29.5. The molecule has 0 amide bonds. The molecule has 0 bridgehead atoms. The molecule has 0 aliphatic heterocycles. The molecule has 4 heteroatoms. The highest BCUT2D eigenvalue weighted by Crippen LogP contribution is 2.24. The van der Waals surface area contributed by atoms with Crippen LogP contribution in [0.5, 0.6) is 0 Å². The van der Waals surface area contributed by atoms with Gasteiger partial charge in [0, 0.05) is 22.7 Å². The van der Waals surface area contributed by atoms with E-state index in [0.29, 0.717) is 6.54 Å².